The maximum atomic E-state index is 13.2. The molecule has 2 aliphatic heterocycles. The number of fused-ring (bicyclic) bond motifs is 1. The molecule has 0 unspecified atom stereocenters. The molecule has 17 heteroatoms. The molecule has 1 aromatic carbocycles. The fraction of sp³-hybridized carbons (Fsp3) is 0.500. The predicted octanol–water partition coefficient (Wildman–Crippen LogP) is 2.89. The molecule has 3 aliphatic rings. The maximum Gasteiger partial charge on any atom is 0.472 e. The number of hydrogen-bond donors (Lipinski definition) is 3. The standard InChI is InChI=1S/C20H20ClF3N3O9P/c21-14-6-11-8-26(7-10(11)5-13(14)20(22,23)24)15(28)3-4-19(12-1-2-12)16(29)27(17(30)25-19)18(31)35-9-36-37(32,33)34/h5-6,12H,1-4,7-9H2,(H,25,30)(H2,32,33,34)/t19-/m1/s1. The molecule has 1 aromatic rings. The van der Waals surface area contributed by atoms with Gasteiger partial charge in [0.25, 0.3) is 5.91 Å². The van der Waals surface area contributed by atoms with E-state index in [1.807, 2.05) is 0 Å². The van der Waals surface area contributed by atoms with Crippen LogP contribution >= 0.6 is 19.4 Å². The highest BCUT2D eigenvalue weighted by atomic mass is 35.5. The van der Waals surface area contributed by atoms with Crippen molar-refractivity contribution >= 4 is 43.4 Å². The van der Waals surface area contributed by atoms with Crippen molar-refractivity contribution in [2.75, 3.05) is 6.79 Å². The number of carbonyl (C=O) groups is 4. The van der Waals surface area contributed by atoms with Gasteiger partial charge in [-0.2, -0.15) is 18.1 Å². The van der Waals surface area contributed by atoms with Crippen LogP contribution in [0.4, 0.5) is 22.8 Å². The largest absolute Gasteiger partial charge is 0.472 e. The summed E-state index contributed by atoms with van der Waals surface area (Å²) >= 11 is 5.76. The Morgan fingerprint density at radius 2 is 1.81 bits per heavy atom. The van der Waals surface area contributed by atoms with E-state index in [1.54, 1.807) is 0 Å². The minimum atomic E-state index is -4.97. The topological polar surface area (TPSA) is 163 Å². The first kappa shape index (κ1) is 27.3. The zero-order valence-electron chi connectivity index (χ0n) is 18.8. The lowest BCUT2D eigenvalue weighted by atomic mass is 9.87. The van der Waals surface area contributed by atoms with E-state index in [9.17, 15) is 36.9 Å². The molecule has 3 N–H and O–H groups in total. The number of phosphoric ester groups is 1. The third-order valence-electron chi connectivity index (χ3n) is 6.38. The van der Waals surface area contributed by atoms with Gasteiger partial charge in [-0.1, -0.05) is 11.6 Å². The van der Waals surface area contributed by atoms with Crippen LogP contribution in [0.2, 0.25) is 5.02 Å². The van der Waals surface area contributed by atoms with Gasteiger partial charge in [0.15, 0.2) is 0 Å². The van der Waals surface area contributed by atoms with Crippen molar-refractivity contribution in [3.63, 3.8) is 0 Å². The van der Waals surface area contributed by atoms with Crippen LogP contribution in [0, 0.1) is 5.92 Å². The van der Waals surface area contributed by atoms with Crippen LogP contribution in [-0.4, -0.2) is 55.9 Å². The number of nitrogens with zero attached hydrogens (tertiary/aromatic N) is 2. The number of alkyl halides is 3. The Hall–Kier alpha value is -2.71. The first-order valence-corrected chi connectivity index (χ1v) is 12.7. The van der Waals surface area contributed by atoms with Gasteiger partial charge in [0, 0.05) is 19.5 Å². The number of phosphoric acid groups is 1. The van der Waals surface area contributed by atoms with E-state index >= 15 is 0 Å². The van der Waals surface area contributed by atoms with E-state index in [4.69, 9.17) is 21.4 Å². The smallest absolute Gasteiger partial charge is 0.421 e. The molecule has 2 heterocycles. The summed E-state index contributed by atoms with van der Waals surface area (Å²) in [5, 5.41) is 1.96. The molecule has 1 aliphatic carbocycles. The number of hydrogen-bond acceptors (Lipinski definition) is 7. The van der Waals surface area contributed by atoms with Gasteiger partial charge in [0.05, 0.1) is 10.6 Å². The van der Waals surface area contributed by atoms with Crippen molar-refractivity contribution in [3.8, 4) is 0 Å². The Labute approximate surface area is 211 Å². The van der Waals surface area contributed by atoms with Crippen molar-refractivity contribution in [3.05, 3.63) is 33.8 Å². The van der Waals surface area contributed by atoms with Crippen molar-refractivity contribution in [2.24, 2.45) is 5.92 Å². The van der Waals surface area contributed by atoms with Crippen LogP contribution in [0.1, 0.15) is 42.4 Å². The van der Waals surface area contributed by atoms with Gasteiger partial charge >= 0.3 is 26.1 Å². The summed E-state index contributed by atoms with van der Waals surface area (Å²) in [7, 11) is -4.97. The molecular formula is C20H20ClF3N3O9P. The molecule has 12 nitrogen and oxygen atoms in total. The number of nitrogens with one attached hydrogen (secondary N) is 1. The van der Waals surface area contributed by atoms with Crippen molar-refractivity contribution < 1.29 is 56.0 Å². The number of ether oxygens (including phenoxy) is 1. The highest BCUT2D eigenvalue weighted by Gasteiger charge is 2.61. The molecule has 202 valence electrons. The molecule has 0 aromatic heterocycles. The summed E-state index contributed by atoms with van der Waals surface area (Å²) < 4.78 is 58.6. The van der Waals surface area contributed by atoms with Crippen LogP contribution in [-0.2, 0) is 42.7 Å². The van der Waals surface area contributed by atoms with E-state index in [2.05, 4.69) is 14.6 Å². The SMILES string of the molecule is O=C(CC[C@]1(C2CC2)NC(=O)N(C(=O)OCOP(=O)(O)O)C1=O)N1Cc2cc(Cl)c(C(F)(F)F)cc2C1. The average Bonchev–Trinajstić information content (AvgIpc) is 3.48. The summed E-state index contributed by atoms with van der Waals surface area (Å²) in [5.74, 6) is -1.84. The molecule has 0 spiro atoms. The molecule has 2 fully saturated rings. The van der Waals surface area contributed by atoms with Gasteiger partial charge in [-0.3, -0.25) is 9.59 Å². The van der Waals surface area contributed by atoms with Crippen LogP contribution in [0.15, 0.2) is 12.1 Å². The van der Waals surface area contributed by atoms with Crippen LogP contribution in [0.3, 0.4) is 0 Å². The monoisotopic (exact) mass is 569 g/mol. The average molecular weight is 570 g/mol. The normalized spacial score (nSPS) is 21.8. The van der Waals surface area contributed by atoms with Crippen LogP contribution < -0.4 is 5.32 Å². The van der Waals surface area contributed by atoms with E-state index in [1.165, 1.54) is 11.0 Å². The molecule has 1 atom stereocenters. The lowest BCUT2D eigenvalue weighted by Gasteiger charge is -2.27. The minimum absolute atomic E-state index is 0.0147. The summed E-state index contributed by atoms with van der Waals surface area (Å²) in [4.78, 5) is 69.4. The lowest BCUT2D eigenvalue weighted by molar-refractivity contribution is -0.137. The molecule has 4 rings (SSSR count). The third kappa shape index (κ3) is 5.60. The number of imide groups is 3. The Balaban J connectivity index is 1.42. The molecule has 0 bridgehead atoms. The first-order chi connectivity index (χ1) is 17.1. The van der Waals surface area contributed by atoms with Crippen molar-refractivity contribution in [2.45, 2.75) is 50.5 Å². The van der Waals surface area contributed by atoms with E-state index in [0.29, 0.717) is 24.0 Å². The van der Waals surface area contributed by atoms with E-state index in [0.717, 1.165) is 6.07 Å². The Bertz CT molecular complexity index is 1220. The zero-order chi connectivity index (χ0) is 27.3. The highest BCUT2D eigenvalue weighted by Crippen LogP contribution is 2.46. The molecule has 0 radical (unpaired) electrons. The molecule has 37 heavy (non-hydrogen) atoms. The van der Waals surface area contributed by atoms with Gasteiger partial charge < -0.3 is 24.7 Å². The number of rotatable bonds is 7. The number of carbonyl (C=O) groups excluding carboxylic acids is 4. The van der Waals surface area contributed by atoms with E-state index in [-0.39, 0.29) is 36.7 Å². The fourth-order valence-electron chi connectivity index (χ4n) is 4.47. The van der Waals surface area contributed by atoms with Gasteiger partial charge in [0.2, 0.25) is 12.7 Å². The second kappa shape index (κ2) is 9.55. The molecule has 5 amide bonds. The van der Waals surface area contributed by atoms with Crippen molar-refractivity contribution in [1.82, 2.24) is 15.1 Å². The summed E-state index contributed by atoms with van der Waals surface area (Å²) in [6.07, 6.45) is -5.57. The summed E-state index contributed by atoms with van der Waals surface area (Å²) in [6, 6.07) is 0.934. The number of urea groups is 1. The fourth-order valence-corrected chi connectivity index (χ4v) is 4.95. The zero-order valence-corrected chi connectivity index (χ0v) is 20.4. The number of halogens is 4. The van der Waals surface area contributed by atoms with Crippen molar-refractivity contribution in [1.29, 1.82) is 0 Å². The highest BCUT2D eigenvalue weighted by molar-refractivity contribution is 7.46. The molecule has 1 saturated heterocycles. The van der Waals surface area contributed by atoms with Gasteiger partial charge in [-0.25, -0.2) is 18.7 Å². The second-order valence-electron chi connectivity index (χ2n) is 8.81. The third-order valence-corrected chi connectivity index (χ3v) is 7.14. The Kier molecular flexibility index (Phi) is 7.05. The quantitative estimate of drug-likeness (QED) is 0.254. The lowest BCUT2D eigenvalue weighted by Crippen LogP contribution is -2.50. The van der Waals surface area contributed by atoms with Gasteiger partial charge in [0.1, 0.15) is 5.54 Å². The predicted molar refractivity (Wildman–Crippen MR) is 115 cm³/mol. The van der Waals surface area contributed by atoms with Gasteiger partial charge in [-0.15, -0.1) is 0 Å². The van der Waals surface area contributed by atoms with Crippen LogP contribution in [0.5, 0.6) is 0 Å². The summed E-state index contributed by atoms with van der Waals surface area (Å²) in [6.45, 7) is -1.30. The summed E-state index contributed by atoms with van der Waals surface area (Å²) in [5.41, 5.74) is -1.85. The Morgan fingerprint density at radius 1 is 1.19 bits per heavy atom. The molecular weight excluding hydrogens is 550 g/mol. The second-order valence-corrected chi connectivity index (χ2v) is 10.5. The Morgan fingerprint density at radius 3 is 2.38 bits per heavy atom. The number of amides is 5. The van der Waals surface area contributed by atoms with E-state index < -0.39 is 60.9 Å². The number of benzene rings is 1. The molecule has 1 saturated carbocycles. The minimum Gasteiger partial charge on any atom is -0.421 e. The maximum absolute atomic E-state index is 13.2. The van der Waals surface area contributed by atoms with Gasteiger partial charge in [-0.05, 0) is 48.4 Å². The first-order valence-electron chi connectivity index (χ1n) is 10.8. The van der Waals surface area contributed by atoms with Crippen LogP contribution in [0.25, 0.3) is 0 Å².